The van der Waals surface area contributed by atoms with Crippen LogP contribution < -0.4 is 16.2 Å². The van der Waals surface area contributed by atoms with E-state index in [1.54, 1.807) is 13.1 Å². The highest BCUT2D eigenvalue weighted by molar-refractivity contribution is 6.32. The van der Waals surface area contributed by atoms with Crippen molar-refractivity contribution in [3.8, 4) is 0 Å². The van der Waals surface area contributed by atoms with Crippen LogP contribution >= 0.6 is 11.6 Å². The van der Waals surface area contributed by atoms with Gasteiger partial charge in [0.1, 0.15) is 5.02 Å². The molecule has 18 heavy (non-hydrogen) atoms. The Morgan fingerprint density at radius 1 is 1.67 bits per heavy atom. The zero-order valence-electron chi connectivity index (χ0n) is 10.1. The number of amides is 1. The SMILES string of the molecule is C=CCn1ncc(NCCC(=O)NC)c(Cl)c1=O. The molecule has 0 radical (unpaired) electrons. The van der Waals surface area contributed by atoms with Crippen LogP contribution in [0.3, 0.4) is 0 Å². The lowest BCUT2D eigenvalue weighted by Crippen LogP contribution is -2.25. The monoisotopic (exact) mass is 270 g/mol. The van der Waals surface area contributed by atoms with E-state index < -0.39 is 0 Å². The van der Waals surface area contributed by atoms with Crippen LogP contribution in [-0.4, -0.2) is 29.3 Å². The van der Waals surface area contributed by atoms with Crippen molar-refractivity contribution in [2.75, 3.05) is 18.9 Å². The molecule has 0 atom stereocenters. The van der Waals surface area contributed by atoms with E-state index in [-0.39, 0.29) is 16.5 Å². The van der Waals surface area contributed by atoms with Gasteiger partial charge in [0, 0.05) is 20.0 Å². The predicted octanol–water partition coefficient (Wildman–Crippen LogP) is 0.631. The number of halogens is 1. The topological polar surface area (TPSA) is 76.0 Å². The summed E-state index contributed by atoms with van der Waals surface area (Å²) < 4.78 is 1.21. The third kappa shape index (κ3) is 3.59. The van der Waals surface area contributed by atoms with Gasteiger partial charge < -0.3 is 10.6 Å². The Morgan fingerprint density at radius 2 is 2.39 bits per heavy atom. The largest absolute Gasteiger partial charge is 0.382 e. The van der Waals surface area contributed by atoms with E-state index in [2.05, 4.69) is 22.3 Å². The molecule has 7 heteroatoms. The molecule has 0 aliphatic carbocycles. The summed E-state index contributed by atoms with van der Waals surface area (Å²) in [5, 5.41) is 9.38. The van der Waals surface area contributed by atoms with Crippen LogP contribution in [0.25, 0.3) is 0 Å². The number of aromatic nitrogens is 2. The van der Waals surface area contributed by atoms with Crippen molar-refractivity contribution in [3.05, 3.63) is 34.2 Å². The summed E-state index contributed by atoms with van der Waals surface area (Å²) in [4.78, 5) is 22.8. The summed E-state index contributed by atoms with van der Waals surface area (Å²) >= 11 is 5.91. The van der Waals surface area contributed by atoms with Crippen LogP contribution in [0.2, 0.25) is 5.02 Å². The molecule has 6 nitrogen and oxygen atoms in total. The number of carbonyl (C=O) groups is 1. The molecular weight excluding hydrogens is 256 g/mol. The second-order valence-corrected chi connectivity index (χ2v) is 3.88. The minimum absolute atomic E-state index is 0.0590. The summed E-state index contributed by atoms with van der Waals surface area (Å²) in [7, 11) is 1.56. The van der Waals surface area contributed by atoms with E-state index in [1.807, 2.05) is 0 Å². The van der Waals surface area contributed by atoms with Gasteiger partial charge in [0.15, 0.2) is 0 Å². The fourth-order valence-electron chi connectivity index (χ4n) is 1.28. The summed E-state index contributed by atoms with van der Waals surface area (Å²) in [5.74, 6) is -0.0911. The zero-order valence-corrected chi connectivity index (χ0v) is 10.8. The molecule has 1 aromatic rings. The molecule has 0 aliphatic rings. The van der Waals surface area contributed by atoms with E-state index >= 15 is 0 Å². The third-order valence-corrected chi connectivity index (χ3v) is 2.60. The highest BCUT2D eigenvalue weighted by Gasteiger charge is 2.08. The lowest BCUT2D eigenvalue weighted by atomic mass is 10.3. The molecule has 98 valence electrons. The van der Waals surface area contributed by atoms with Crippen molar-refractivity contribution >= 4 is 23.2 Å². The number of allylic oxidation sites excluding steroid dienone is 1. The smallest absolute Gasteiger partial charge is 0.287 e. The minimum Gasteiger partial charge on any atom is -0.382 e. The first-order valence-corrected chi connectivity index (χ1v) is 5.79. The Balaban J connectivity index is 2.73. The fraction of sp³-hybridized carbons (Fsp3) is 0.364. The number of carbonyl (C=O) groups excluding carboxylic acids is 1. The molecule has 0 spiro atoms. The van der Waals surface area contributed by atoms with Crippen LogP contribution in [0.5, 0.6) is 0 Å². The standard InChI is InChI=1S/C11H15ClN4O2/c1-3-6-16-11(18)10(12)8(7-15-16)14-5-4-9(17)13-2/h3,7,14H,1,4-6H2,2H3,(H,13,17). The maximum atomic E-state index is 11.7. The first-order valence-electron chi connectivity index (χ1n) is 5.41. The average molecular weight is 271 g/mol. The number of rotatable bonds is 6. The summed E-state index contributed by atoms with van der Waals surface area (Å²) in [6.07, 6.45) is 3.31. The lowest BCUT2D eigenvalue weighted by molar-refractivity contribution is -0.120. The van der Waals surface area contributed by atoms with Crippen LogP contribution in [-0.2, 0) is 11.3 Å². The Kier molecular flexibility index (Phi) is 5.38. The molecule has 1 aromatic heterocycles. The van der Waals surface area contributed by atoms with Gasteiger partial charge in [-0.05, 0) is 0 Å². The maximum absolute atomic E-state index is 11.7. The summed E-state index contributed by atoms with van der Waals surface area (Å²) in [6.45, 7) is 4.21. The van der Waals surface area contributed by atoms with Gasteiger partial charge in [-0.25, -0.2) is 4.68 Å². The second kappa shape index (κ2) is 6.80. The van der Waals surface area contributed by atoms with Gasteiger partial charge in [-0.2, -0.15) is 5.10 Å². The maximum Gasteiger partial charge on any atom is 0.287 e. The highest BCUT2D eigenvalue weighted by Crippen LogP contribution is 2.14. The van der Waals surface area contributed by atoms with Crippen LogP contribution in [0.4, 0.5) is 5.69 Å². The summed E-state index contributed by atoms with van der Waals surface area (Å²) in [6, 6.07) is 0. The second-order valence-electron chi connectivity index (χ2n) is 3.50. The fourth-order valence-corrected chi connectivity index (χ4v) is 1.49. The Hall–Kier alpha value is -1.82. The van der Waals surface area contributed by atoms with Crippen molar-refractivity contribution < 1.29 is 4.79 Å². The first kappa shape index (κ1) is 14.2. The molecule has 0 fully saturated rings. The van der Waals surface area contributed by atoms with Gasteiger partial charge in [0.05, 0.1) is 18.4 Å². The molecule has 1 amide bonds. The van der Waals surface area contributed by atoms with Crippen molar-refractivity contribution in [2.45, 2.75) is 13.0 Å². The van der Waals surface area contributed by atoms with E-state index in [9.17, 15) is 9.59 Å². The summed E-state index contributed by atoms with van der Waals surface area (Å²) in [5.41, 5.74) is 0.0346. The van der Waals surface area contributed by atoms with Crippen LogP contribution in [0, 0.1) is 0 Å². The van der Waals surface area contributed by atoms with Crippen molar-refractivity contribution in [2.24, 2.45) is 0 Å². The Bertz CT molecular complexity index is 498. The molecule has 0 bridgehead atoms. The molecule has 0 saturated carbocycles. The lowest BCUT2D eigenvalue weighted by Gasteiger charge is -2.08. The molecule has 1 heterocycles. The molecule has 0 aliphatic heterocycles. The van der Waals surface area contributed by atoms with Gasteiger partial charge in [-0.1, -0.05) is 17.7 Å². The Morgan fingerprint density at radius 3 is 3.00 bits per heavy atom. The van der Waals surface area contributed by atoms with Crippen molar-refractivity contribution in [3.63, 3.8) is 0 Å². The van der Waals surface area contributed by atoms with Crippen molar-refractivity contribution in [1.82, 2.24) is 15.1 Å². The zero-order chi connectivity index (χ0) is 13.5. The number of nitrogens with one attached hydrogen (secondary N) is 2. The van der Waals surface area contributed by atoms with E-state index in [4.69, 9.17) is 11.6 Å². The quantitative estimate of drug-likeness (QED) is 0.744. The predicted molar refractivity (Wildman–Crippen MR) is 70.9 cm³/mol. The van der Waals surface area contributed by atoms with Crippen molar-refractivity contribution in [1.29, 1.82) is 0 Å². The highest BCUT2D eigenvalue weighted by atomic mass is 35.5. The number of hydrogen-bond donors (Lipinski definition) is 2. The van der Waals surface area contributed by atoms with Gasteiger partial charge in [-0.15, -0.1) is 6.58 Å². The molecule has 0 aromatic carbocycles. The van der Waals surface area contributed by atoms with Gasteiger partial charge >= 0.3 is 0 Å². The normalized spacial score (nSPS) is 9.89. The first-order chi connectivity index (χ1) is 8.60. The van der Waals surface area contributed by atoms with Gasteiger partial charge in [-0.3, -0.25) is 9.59 Å². The Labute approximate surface area is 110 Å². The van der Waals surface area contributed by atoms with E-state index in [0.717, 1.165) is 0 Å². The molecule has 0 unspecified atom stereocenters. The van der Waals surface area contributed by atoms with E-state index in [0.29, 0.717) is 25.2 Å². The number of anilines is 1. The molecular formula is C11H15ClN4O2. The molecule has 1 rings (SSSR count). The van der Waals surface area contributed by atoms with Gasteiger partial charge in [0.2, 0.25) is 5.91 Å². The van der Waals surface area contributed by atoms with Crippen LogP contribution in [0.15, 0.2) is 23.6 Å². The minimum atomic E-state index is -0.387. The number of hydrogen-bond acceptors (Lipinski definition) is 4. The third-order valence-electron chi connectivity index (χ3n) is 2.23. The molecule has 2 N–H and O–H groups in total. The molecule has 0 saturated heterocycles. The number of nitrogens with zero attached hydrogens (tertiary/aromatic N) is 2. The van der Waals surface area contributed by atoms with Gasteiger partial charge in [0.25, 0.3) is 5.56 Å². The van der Waals surface area contributed by atoms with Crippen LogP contribution in [0.1, 0.15) is 6.42 Å². The average Bonchev–Trinajstić information content (AvgIpc) is 2.37. The van der Waals surface area contributed by atoms with E-state index in [1.165, 1.54) is 10.9 Å².